The molecule has 0 radical (unpaired) electrons. The summed E-state index contributed by atoms with van der Waals surface area (Å²) in [6.07, 6.45) is 2.73. The molecule has 0 unspecified atom stereocenters. The molecule has 0 aliphatic carbocycles. The van der Waals surface area contributed by atoms with Gasteiger partial charge in [-0.2, -0.15) is 0 Å². The number of benzene rings is 3. The molecule has 0 aromatic heterocycles. The van der Waals surface area contributed by atoms with Gasteiger partial charge in [0.15, 0.2) is 23.3 Å². The third-order valence-corrected chi connectivity index (χ3v) is 7.22. The van der Waals surface area contributed by atoms with E-state index in [-0.39, 0.29) is 18.4 Å². The number of methoxy groups -OCH3 is 2. The van der Waals surface area contributed by atoms with E-state index in [1.54, 1.807) is 30.3 Å². The van der Waals surface area contributed by atoms with Crippen LogP contribution in [0.25, 0.3) is 6.08 Å². The lowest BCUT2D eigenvalue weighted by Crippen LogP contribution is -2.21. The number of hydrogen-bond acceptors (Lipinski definition) is 7. The predicted molar refractivity (Wildman–Crippen MR) is 159 cm³/mol. The number of aliphatic imine (C=N–C) groups is 1. The van der Waals surface area contributed by atoms with E-state index in [0.29, 0.717) is 33.0 Å². The fourth-order valence-electron chi connectivity index (χ4n) is 3.59. The van der Waals surface area contributed by atoms with Crippen LogP contribution in [0.1, 0.15) is 18.1 Å². The Hall–Kier alpha value is -3.51. The molecule has 0 spiro atoms. The molecule has 1 aliphatic rings. The molecular formula is C28H26IN3O5S. The summed E-state index contributed by atoms with van der Waals surface area (Å²) in [6.45, 7) is 1.88. The molecule has 4 rings (SSSR count). The minimum absolute atomic E-state index is 0.220. The summed E-state index contributed by atoms with van der Waals surface area (Å²) in [4.78, 5) is 30.1. The summed E-state index contributed by atoms with van der Waals surface area (Å²) in [6, 6.07) is 18.7. The van der Waals surface area contributed by atoms with Crippen molar-refractivity contribution in [3.63, 3.8) is 0 Å². The zero-order chi connectivity index (χ0) is 27.1. The van der Waals surface area contributed by atoms with Crippen molar-refractivity contribution in [2.45, 2.75) is 13.3 Å². The van der Waals surface area contributed by atoms with Crippen LogP contribution in [-0.4, -0.2) is 37.8 Å². The molecule has 1 heterocycles. The molecule has 3 aromatic rings. The average molecular weight is 644 g/mol. The zero-order valence-corrected chi connectivity index (χ0v) is 24.0. The Bertz CT molecular complexity index is 1410. The first-order chi connectivity index (χ1) is 18.4. The van der Waals surface area contributed by atoms with Gasteiger partial charge >= 0.3 is 0 Å². The van der Waals surface area contributed by atoms with Crippen molar-refractivity contribution in [2.75, 3.05) is 26.1 Å². The van der Waals surface area contributed by atoms with Gasteiger partial charge in [0.2, 0.25) is 0 Å². The first-order valence-corrected chi connectivity index (χ1v) is 13.6. The summed E-state index contributed by atoms with van der Waals surface area (Å²) in [5.74, 6) is 0.880. The zero-order valence-electron chi connectivity index (χ0n) is 21.0. The van der Waals surface area contributed by atoms with Gasteiger partial charge in [-0.15, -0.1) is 0 Å². The van der Waals surface area contributed by atoms with Gasteiger partial charge in [0, 0.05) is 0 Å². The number of aryl methyl sites for hydroxylation is 1. The minimum Gasteiger partial charge on any atom is -0.495 e. The van der Waals surface area contributed by atoms with Crippen molar-refractivity contribution in [3.8, 4) is 17.2 Å². The molecule has 0 saturated carbocycles. The molecule has 1 fully saturated rings. The van der Waals surface area contributed by atoms with E-state index < -0.39 is 0 Å². The quantitative estimate of drug-likeness (QED) is 0.227. The van der Waals surface area contributed by atoms with E-state index >= 15 is 0 Å². The number of hydrogen-bond donors (Lipinski definition) is 2. The number of halogens is 1. The van der Waals surface area contributed by atoms with Crippen LogP contribution < -0.4 is 24.8 Å². The monoisotopic (exact) mass is 643 g/mol. The highest BCUT2D eigenvalue weighted by Gasteiger charge is 2.24. The summed E-state index contributed by atoms with van der Waals surface area (Å²) in [7, 11) is 3.06. The molecule has 196 valence electrons. The molecule has 38 heavy (non-hydrogen) atoms. The van der Waals surface area contributed by atoms with Crippen LogP contribution in [0.2, 0.25) is 0 Å². The summed E-state index contributed by atoms with van der Waals surface area (Å²) in [5.41, 5.74) is 3.31. The van der Waals surface area contributed by atoms with Crippen molar-refractivity contribution in [1.29, 1.82) is 0 Å². The Labute approximate surface area is 239 Å². The molecule has 3 aromatic carbocycles. The lowest BCUT2D eigenvalue weighted by molar-refractivity contribution is -0.118. The maximum Gasteiger partial charge on any atom is 0.264 e. The van der Waals surface area contributed by atoms with Crippen LogP contribution in [0.4, 0.5) is 11.4 Å². The number of para-hydroxylation sites is 2. The van der Waals surface area contributed by atoms with Crippen molar-refractivity contribution < 1.29 is 23.8 Å². The smallest absolute Gasteiger partial charge is 0.264 e. The molecule has 1 aliphatic heterocycles. The fraction of sp³-hybridized carbons (Fsp3) is 0.179. The number of nitrogens with one attached hydrogen (secondary N) is 2. The highest BCUT2D eigenvalue weighted by Crippen LogP contribution is 2.36. The molecule has 0 bridgehead atoms. The van der Waals surface area contributed by atoms with Crippen LogP contribution in [0, 0.1) is 3.57 Å². The van der Waals surface area contributed by atoms with Crippen LogP contribution in [-0.2, 0) is 16.0 Å². The number of carbonyl (C=O) groups excluding carboxylic acids is 2. The molecule has 1 saturated heterocycles. The number of carbonyl (C=O) groups is 2. The highest BCUT2D eigenvalue weighted by molar-refractivity contribution is 14.1. The molecular weight excluding hydrogens is 617 g/mol. The van der Waals surface area contributed by atoms with Gasteiger partial charge in [-0.3, -0.25) is 9.59 Å². The molecule has 10 heteroatoms. The first kappa shape index (κ1) is 27.5. The van der Waals surface area contributed by atoms with Gasteiger partial charge in [-0.05, 0) is 94.4 Å². The average Bonchev–Trinajstić information content (AvgIpc) is 3.26. The van der Waals surface area contributed by atoms with Crippen LogP contribution in [0.5, 0.6) is 17.2 Å². The SMILES string of the molecule is CCc1ccc(N=C2NC(=O)/C(=C\c3cc(I)c(OCC(=O)Nc4ccccc4OC)c(OC)c3)S2)cc1. The largest absolute Gasteiger partial charge is 0.495 e. The number of nitrogens with zero attached hydrogens (tertiary/aromatic N) is 1. The summed E-state index contributed by atoms with van der Waals surface area (Å²) in [5, 5.41) is 6.11. The van der Waals surface area contributed by atoms with Gasteiger partial charge in [0.25, 0.3) is 11.8 Å². The minimum atomic E-state index is -0.339. The maximum absolute atomic E-state index is 12.6. The van der Waals surface area contributed by atoms with E-state index in [1.165, 1.54) is 31.5 Å². The Kier molecular flexibility index (Phi) is 9.29. The molecule has 2 N–H and O–H groups in total. The van der Waals surface area contributed by atoms with Gasteiger partial charge < -0.3 is 24.8 Å². The number of ether oxygens (including phenoxy) is 3. The van der Waals surface area contributed by atoms with E-state index in [2.05, 4.69) is 45.1 Å². The molecule has 8 nitrogen and oxygen atoms in total. The lowest BCUT2D eigenvalue weighted by Gasteiger charge is -2.14. The number of amides is 2. The fourth-order valence-corrected chi connectivity index (χ4v) is 5.21. The Morgan fingerprint density at radius 2 is 1.82 bits per heavy atom. The third-order valence-electron chi connectivity index (χ3n) is 5.50. The Balaban J connectivity index is 1.46. The normalized spacial score (nSPS) is 14.9. The number of rotatable bonds is 9. The second-order valence-corrected chi connectivity index (χ2v) is 10.3. The number of amidine groups is 1. The van der Waals surface area contributed by atoms with Gasteiger partial charge in [-0.25, -0.2) is 4.99 Å². The predicted octanol–water partition coefficient (Wildman–Crippen LogP) is 5.78. The second kappa shape index (κ2) is 12.8. The van der Waals surface area contributed by atoms with Gasteiger partial charge in [0.05, 0.1) is 34.1 Å². The van der Waals surface area contributed by atoms with Crippen molar-refractivity contribution in [1.82, 2.24) is 5.32 Å². The summed E-state index contributed by atoms with van der Waals surface area (Å²) < 4.78 is 17.3. The topological polar surface area (TPSA) is 98.2 Å². The summed E-state index contributed by atoms with van der Waals surface area (Å²) >= 11 is 3.39. The van der Waals surface area contributed by atoms with Crippen LogP contribution in [0.15, 0.2) is 70.6 Å². The van der Waals surface area contributed by atoms with Crippen LogP contribution >= 0.6 is 34.4 Å². The lowest BCUT2D eigenvalue weighted by atomic mass is 10.2. The van der Waals surface area contributed by atoms with Crippen molar-refractivity contribution in [3.05, 3.63) is 80.3 Å². The molecule has 2 amide bonds. The second-order valence-electron chi connectivity index (χ2n) is 8.07. The first-order valence-electron chi connectivity index (χ1n) is 11.7. The Morgan fingerprint density at radius 1 is 1.08 bits per heavy atom. The highest BCUT2D eigenvalue weighted by atomic mass is 127. The third kappa shape index (κ3) is 6.87. The Morgan fingerprint density at radius 3 is 2.53 bits per heavy atom. The standard InChI is InChI=1S/C28H26IN3O5S/c1-4-17-9-11-19(12-10-17)30-28-32-27(34)24(38-28)15-18-13-20(29)26(23(14-18)36-3)37-16-25(33)31-21-7-5-6-8-22(21)35-2/h5-15H,4,16H2,1-3H3,(H,31,33)(H,30,32,34)/b24-15+. The van der Waals surface area contributed by atoms with E-state index in [4.69, 9.17) is 14.2 Å². The maximum atomic E-state index is 12.6. The number of anilines is 1. The van der Waals surface area contributed by atoms with Crippen molar-refractivity contribution >= 4 is 68.8 Å². The van der Waals surface area contributed by atoms with E-state index in [1.807, 2.05) is 36.4 Å². The molecule has 0 atom stereocenters. The van der Waals surface area contributed by atoms with Gasteiger partial charge in [-0.1, -0.05) is 31.2 Å². The van der Waals surface area contributed by atoms with Crippen LogP contribution in [0.3, 0.4) is 0 Å². The number of thioether (sulfide) groups is 1. The van der Waals surface area contributed by atoms with Crippen molar-refractivity contribution in [2.24, 2.45) is 4.99 Å². The van der Waals surface area contributed by atoms with E-state index in [0.717, 1.165) is 21.2 Å². The van der Waals surface area contributed by atoms with Gasteiger partial charge in [0.1, 0.15) is 5.75 Å². The van der Waals surface area contributed by atoms with E-state index in [9.17, 15) is 9.59 Å².